The van der Waals surface area contributed by atoms with Crippen LogP contribution < -0.4 is 5.32 Å². The standard InChI is InChI=1S/C14H28N2/c1-3-14-7-6-12(2)16(14)10-4-5-13-8-9-15-11-13/h12-15H,3-11H2,1-2H3. The Morgan fingerprint density at radius 2 is 2.12 bits per heavy atom. The van der Waals surface area contributed by atoms with E-state index >= 15 is 0 Å². The fourth-order valence-electron chi connectivity index (χ4n) is 3.49. The monoisotopic (exact) mass is 224 g/mol. The Labute approximate surface area is 101 Å². The van der Waals surface area contributed by atoms with Gasteiger partial charge in [0.25, 0.3) is 0 Å². The molecule has 0 aromatic rings. The highest BCUT2D eigenvalue weighted by Crippen LogP contribution is 2.26. The Morgan fingerprint density at radius 3 is 2.81 bits per heavy atom. The number of hydrogen-bond donors (Lipinski definition) is 1. The zero-order valence-corrected chi connectivity index (χ0v) is 11.0. The quantitative estimate of drug-likeness (QED) is 0.772. The third-order valence-electron chi connectivity index (χ3n) is 4.62. The lowest BCUT2D eigenvalue weighted by Crippen LogP contribution is -2.35. The van der Waals surface area contributed by atoms with Crippen molar-refractivity contribution < 1.29 is 0 Å². The van der Waals surface area contributed by atoms with Crippen molar-refractivity contribution >= 4 is 0 Å². The molecule has 0 saturated carbocycles. The average molecular weight is 224 g/mol. The largest absolute Gasteiger partial charge is 0.316 e. The van der Waals surface area contributed by atoms with E-state index in [0.29, 0.717) is 0 Å². The minimum Gasteiger partial charge on any atom is -0.316 e. The summed E-state index contributed by atoms with van der Waals surface area (Å²) in [5.41, 5.74) is 0. The first-order valence-corrected chi connectivity index (χ1v) is 7.27. The smallest absolute Gasteiger partial charge is 0.00960 e. The van der Waals surface area contributed by atoms with Gasteiger partial charge in [-0.2, -0.15) is 0 Å². The zero-order chi connectivity index (χ0) is 11.4. The van der Waals surface area contributed by atoms with Crippen molar-refractivity contribution in [2.24, 2.45) is 5.92 Å². The van der Waals surface area contributed by atoms with Crippen LogP contribution in [0, 0.1) is 5.92 Å². The molecule has 0 aliphatic carbocycles. The van der Waals surface area contributed by atoms with E-state index in [2.05, 4.69) is 24.1 Å². The molecule has 94 valence electrons. The molecule has 0 bridgehead atoms. The van der Waals surface area contributed by atoms with Crippen LogP contribution in [0.25, 0.3) is 0 Å². The average Bonchev–Trinajstić information content (AvgIpc) is 2.90. The van der Waals surface area contributed by atoms with Gasteiger partial charge in [-0.15, -0.1) is 0 Å². The van der Waals surface area contributed by atoms with Gasteiger partial charge < -0.3 is 5.32 Å². The van der Waals surface area contributed by atoms with E-state index in [0.717, 1.165) is 18.0 Å². The number of rotatable bonds is 5. The Hall–Kier alpha value is -0.0800. The molecule has 2 nitrogen and oxygen atoms in total. The van der Waals surface area contributed by atoms with Gasteiger partial charge in [-0.25, -0.2) is 0 Å². The summed E-state index contributed by atoms with van der Waals surface area (Å²) in [5, 5.41) is 3.47. The molecule has 0 aromatic heterocycles. The van der Waals surface area contributed by atoms with E-state index < -0.39 is 0 Å². The first-order chi connectivity index (χ1) is 7.81. The van der Waals surface area contributed by atoms with Crippen molar-refractivity contribution in [3.05, 3.63) is 0 Å². The number of hydrogen-bond acceptors (Lipinski definition) is 2. The molecule has 0 spiro atoms. The third-order valence-corrected chi connectivity index (χ3v) is 4.62. The van der Waals surface area contributed by atoms with Gasteiger partial charge in [0.05, 0.1) is 0 Å². The summed E-state index contributed by atoms with van der Waals surface area (Å²) in [7, 11) is 0. The van der Waals surface area contributed by atoms with E-state index in [1.165, 1.54) is 58.2 Å². The molecule has 16 heavy (non-hydrogen) atoms. The minimum absolute atomic E-state index is 0.839. The van der Waals surface area contributed by atoms with Gasteiger partial charge in [0.1, 0.15) is 0 Å². The Kier molecular flexibility index (Phi) is 4.66. The third kappa shape index (κ3) is 2.98. The molecule has 1 N–H and O–H groups in total. The molecule has 2 rings (SSSR count). The molecule has 2 heteroatoms. The lowest BCUT2D eigenvalue weighted by Gasteiger charge is -2.28. The summed E-state index contributed by atoms with van der Waals surface area (Å²) in [6.45, 7) is 8.62. The Balaban J connectivity index is 1.67. The molecule has 3 atom stereocenters. The van der Waals surface area contributed by atoms with E-state index in [9.17, 15) is 0 Å². The number of likely N-dealkylation sites (tertiary alicyclic amines) is 1. The first-order valence-electron chi connectivity index (χ1n) is 7.27. The molecule has 0 amide bonds. The summed E-state index contributed by atoms with van der Waals surface area (Å²) in [5.74, 6) is 0.970. The van der Waals surface area contributed by atoms with Crippen molar-refractivity contribution in [3.63, 3.8) is 0 Å². The lowest BCUT2D eigenvalue weighted by atomic mass is 10.0. The molecule has 2 heterocycles. The highest BCUT2D eigenvalue weighted by molar-refractivity contribution is 4.84. The van der Waals surface area contributed by atoms with Crippen LogP contribution in [0.2, 0.25) is 0 Å². The van der Waals surface area contributed by atoms with E-state index in [4.69, 9.17) is 0 Å². The SMILES string of the molecule is CCC1CCC(C)N1CCCC1CCNC1. The highest BCUT2D eigenvalue weighted by atomic mass is 15.2. The fraction of sp³-hybridized carbons (Fsp3) is 1.00. The van der Waals surface area contributed by atoms with Crippen LogP contribution in [0.3, 0.4) is 0 Å². The second-order valence-electron chi connectivity index (χ2n) is 5.73. The molecule has 2 saturated heterocycles. The molecule has 0 radical (unpaired) electrons. The fourth-order valence-corrected chi connectivity index (χ4v) is 3.49. The van der Waals surface area contributed by atoms with Crippen LogP contribution in [-0.4, -0.2) is 36.6 Å². The van der Waals surface area contributed by atoms with Gasteiger partial charge in [0.2, 0.25) is 0 Å². The second-order valence-corrected chi connectivity index (χ2v) is 5.73. The topological polar surface area (TPSA) is 15.3 Å². The lowest BCUT2D eigenvalue weighted by molar-refractivity contribution is 0.191. The van der Waals surface area contributed by atoms with Crippen molar-refractivity contribution in [3.8, 4) is 0 Å². The van der Waals surface area contributed by atoms with Crippen molar-refractivity contribution in [1.29, 1.82) is 0 Å². The maximum atomic E-state index is 3.47. The van der Waals surface area contributed by atoms with Crippen LogP contribution in [0.5, 0.6) is 0 Å². The van der Waals surface area contributed by atoms with Crippen molar-refractivity contribution in [1.82, 2.24) is 10.2 Å². The van der Waals surface area contributed by atoms with Crippen LogP contribution in [0.15, 0.2) is 0 Å². The maximum Gasteiger partial charge on any atom is 0.00960 e. The summed E-state index contributed by atoms with van der Waals surface area (Å²) in [6.07, 6.45) is 8.45. The van der Waals surface area contributed by atoms with Crippen molar-refractivity contribution in [2.75, 3.05) is 19.6 Å². The molecule has 3 unspecified atom stereocenters. The van der Waals surface area contributed by atoms with Gasteiger partial charge in [-0.1, -0.05) is 6.92 Å². The summed E-state index contributed by atoms with van der Waals surface area (Å²) in [4.78, 5) is 2.77. The Bertz CT molecular complexity index is 199. The number of nitrogens with one attached hydrogen (secondary N) is 1. The normalized spacial score (nSPS) is 36.0. The summed E-state index contributed by atoms with van der Waals surface area (Å²) in [6, 6.07) is 1.73. The summed E-state index contributed by atoms with van der Waals surface area (Å²) < 4.78 is 0. The summed E-state index contributed by atoms with van der Waals surface area (Å²) >= 11 is 0. The van der Waals surface area contributed by atoms with E-state index in [-0.39, 0.29) is 0 Å². The Morgan fingerprint density at radius 1 is 1.25 bits per heavy atom. The minimum atomic E-state index is 0.839. The van der Waals surface area contributed by atoms with E-state index in [1.54, 1.807) is 0 Å². The number of nitrogens with zero attached hydrogens (tertiary/aromatic N) is 1. The van der Waals surface area contributed by atoms with Crippen molar-refractivity contribution in [2.45, 2.75) is 64.5 Å². The predicted octanol–water partition coefficient (Wildman–Crippen LogP) is 2.64. The maximum absolute atomic E-state index is 3.47. The van der Waals surface area contributed by atoms with Gasteiger partial charge in [-0.3, -0.25) is 4.90 Å². The van der Waals surface area contributed by atoms with Gasteiger partial charge in [0.15, 0.2) is 0 Å². The zero-order valence-electron chi connectivity index (χ0n) is 11.0. The van der Waals surface area contributed by atoms with Crippen LogP contribution >= 0.6 is 0 Å². The van der Waals surface area contributed by atoms with Gasteiger partial charge in [-0.05, 0) is 71.0 Å². The first kappa shape index (κ1) is 12.4. The molecule has 2 fully saturated rings. The van der Waals surface area contributed by atoms with Crippen LogP contribution in [0.4, 0.5) is 0 Å². The highest BCUT2D eigenvalue weighted by Gasteiger charge is 2.28. The van der Waals surface area contributed by atoms with Crippen LogP contribution in [0.1, 0.15) is 52.4 Å². The second kappa shape index (κ2) is 6.02. The van der Waals surface area contributed by atoms with E-state index in [1.807, 2.05) is 0 Å². The van der Waals surface area contributed by atoms with Crippen LogP contribution in [-0.2, 0) is 0 Å². The molecule has 0 aromatic carbocycles. The molecular weight excluding hydrogens is 196 g/mol. The molecular formula is C14H28N2. The van der Waals surface area contributed by atoms with Gasteiger partial charge >= 0.3 is 0 Å². The predicted molar refractivity (Wildman–Crippen MR) is 69.7 cm³/mol. The molecule has 2 aliphatic heterocycles. The molecule has 2 aliphatic rings. The van der Waals surface area contributed by atoms with Gasteiger partial charge in [0, 0.05) is 12.1 Å².